The Morgan fingerprint density at radius 3 is 2.76 bits per heavy atom. The van der Waals surface area contributed by atoms with Gasteiger partial charge in [0.25, 0.3) is 0 Å². The molecule has 1 amide bonds. The summed E-state index contributed by atoms with van der Waals surface area (Å²) in [5, 5.41) is 0.452. The molecule has 0 aliphatic carbocycles. The van der Waals surface area contributed by atoms with E-state index in [0.29, 0.717) is 23.6 Å². The summed E-state index contributed by atoms with van der Waals surface area (Å²) in [6.07, 6.45) is 7.34. The summed E-state index contributed by atoms with van der Waals surface area (Å²) in [4.78, 5) is 14.0. The Hall–Kier alpha value is 0.170. The molecular formula is C13H25NOS2. The summed E-state index contributed by atoms with van der Waals surface area (Å²) in [5.74, 6) is 1.25. The smallest absolute Gasteiger partial charge is 0.222 e. The van der Waals surface area contributed by atoms with Crippen molar-refractivity contribution in [3.8, 4) is 0 Å². The molecule has 0 aromatic rings. The van der Waals surface area contributed by atoms with Gasteiger partial charge in [0.05, 0.1) is 0 Å². The van der Waals surface area contributed by atoms with E-state index in [1.54, 1.807) is 0 Å². The summed E-state index contributed by atoms with van der Waals surface area (Å²) in [5.41, 5.74) is 0. The maximum absolute atomic E-state index is 11.9. The standard InChI is InChI=1S/C13H25NOS2/c1-11-5-4-9-14(11)13(15)7-3-2-6-12(17)8-10-16/h11-12,16-17H,2-10H2,1H3. The van der Waals surface area contributed by atoms with E-state index in [9.17, 15) is 4.79 Å². The van der Waals surface area contributed by atoms with Crippen LogP contribution in [0.3, 0.4) is 0 Å². The Bertz CT molecular complexity index is 235. The van der Waals surface area contributed by atoms with Crippen LogP contribution >= 0.6 is 25.3 Å². The molecule has 4 heteroatoms. The van der Waals surface area contributed by atoms with Crippen molar-refractivity contribution < 1.29 is 4.79 Å². The molecule has 0 spiro atoms. The maximum atomic E-state index is 11.9. The Kier molecular flexibility index (Phi) is 7.44. The number of thiol groups is 2. The lowest BCUT2D eigenvalue weighted by Crippen LogP contribution is -2.33. The second kappa shape index (κ2) is 8.30. The summed E-state index contributed by atoms with van der Waals surface area (Å²) in [7, 11) is 0. The molecule has 0 aromatic heterocycles. The molecule has 1 saturated heterocycles. The number of nitrogens with zero attached hydrogens (tertiary/aromatic N) is 1. The van der Waals surface area contributed by atoms with Crippen molar-refractivity contribution in [3.05, 3.63) is 0 Å². The van der Waals surface area contributed by atoms with Crippen LogP contribution in [0.5, 0.6) is 0 Å². The predicted molar refractivity (Wildman–Crippen MR) is 80.1 cm³/mol. The molecule has 1 heterocycles. The Balaban J connectivity index is 2.08. The fraction of sp³-hybridized carbons (Fsp3) is 0.923. The predicted octanol–water partition coefficient (Wildman–Crippen LogP) is 3.18. The first-order chi connectivity index (χ1) is 8.15. The lowest BCUT2D eigenvalue weighted by Gasteiger charge is -2.21. The summed E-state index contributed by atoms with van der Waals surface area (Å²) >= 11 is 8.69. The largest absolute Gasteiger partial charge is 0.340 e. The van der Waals surface area contributed by atoms with Crippen LogP contribution in [0.2, 0.25) is 0 Å². The van der Waals surface area contributed by atoms with Crippen molar-refractivity contribution in [1.82, 2.24) is 4.90 Å². The van der Waals surface area contributed by atoms with Gasteiger partial charge in [-0.05, 0) is 44.8 Å². The van der Waals surface area contributed by atoms with E-state index >= 15 is 0 Å². The van der Waals surface area contributed by atoms with E-state index in [1.165, 1.54) is 12.8 Å². The lowest BCUT2D eigenvalue weighted by atomic mass is 10.1. The molecule has 0 aromatic carbocycles. The first kappa shape index (κ1) is 15.2. The molecule has 2 unspecified atom stereocenters. The van der Waals surface area contributed by atoms with Crippen LogP contribution in [0.1, 0.15) is 51.9 Å². The zero-order valence-electron chi connectivity index (χ0n) is 10.8. The highest BCUT2D eigenvalue weighted by Gasteiger charge is 2.24. The quantitative estimate of drug-likeness (QED) is 0.540. The van der Waals surface area contributed by atoms with Crippen molar-refractivity contribution in [3.63, 3.8) is 0 Å². The molecular weight excluding hydrogens is 250 g/mol. The number of rotatable bonds is 7. The monoisotopic (exact) mass is 275 g/mol. The molecule has 1 rings (SSSR count). The molecule has 100 valence electrons. The van der Waals surface area contributed by atoms with Gasteiger partial charge >= 0.3 is 0 Å². The zero-order chi connectivity index (χ0) is 12.7. The lowest BCUT2D eigenvalue weighted by molar-refractivity contribution is -0.131. The maximum Gasteiger partial charge on any atom is 0.222 e. The second-order valence-corrected chi connectivity index (χ2v) is 6.17. The van der Waals surface area contributed by atoms with Crippen LogP contribution in [0.15, 0.2) is 0 Å². The Labute approximate surface area is 116 Å². The highest BCUT2D eigenvalue weighted by atomic mass is 32.1. The van der Waals surface area contributed by atoms with Gasteiger partial charge < -0.3 is 4.90 Å². The average molecular weight is 275 g/mol. The van der Waals surface area contributed by atoms with Crippen molar-refractivity contribution in [2.45, 2.75) is 63.2 Å². The van der Waals surface area contributed by atoms with E-state index in [2.05, 4.69) is 32.2 Å². The third-order valence-electron chi connectivity index (χ3n) is 3.51. The van der Waals surface area contributed by atoms with Gasteiger partial charge in [-0.25, -0.2) is 0 Å². The number of amides is 1. The number of likely N-dealkylation sites (tertiary alicyclic amines) is 1. The van der Waals surface area contributed by atoms with Crippen molar-refractivity contribution in [2.24, 2.45) is 0 Å². The van der Waals surface area contributed by atoms with E-state index < -0.39 is 0 Å². The molecule has 0 saturated carbocycles. The number of unbranched alkanes of at least 4 members (excludes halogenated alkanes) is 1. The van der Waals surface area contributed by atoms with Crippen molar-refractivity contribution >= 4 is 31.2 Å². The van der Waals surface area contributed by atoms with Gasteiger partial charge in [-0.2, -0.15) is 25.3 Å². The van der Waals surface area contributed by atoms with Crippen LogP contribution in [-0.4, -0.2) is 34.4 Å². The molecule has 1 aliphatic rings. The molecule has 2 nitrogen and oxygen atoms in total. The zero-order valence-corrected chi connectivity index (χ0v) is 12.6. The van der Waals surface area contributed by atoms with Gasteiger partial charge in [-0.3, -0.25) is 4.79 Å². The minimum atomic E-state index is 0.347. The Morgan fingerprint density at radius 1 is 1.41 bits per heavy atom. The van der Waals surface area contributed by atoms with Crippen molar-refractivity contribution in [1.29, 1.82) is 0 Å². The van der Waals surface area contributed by atoms with E-state index in [1.807, 2.05) is 4.90 Å². The van der Waals surface area contributed by atoms with Gasteiger partial charge in [0.15, 0.2) is 0 Å². The fourth-order valence-electron chi connectivity index (χ4n) is 2.40. The van der Waals surface area contributed by atoms with Gasteiger partial charge in [0.2, 0.25) is 5.91 Å². The third-order valence-corrected chi connectivity index (χ3v) is 4.29. The molecule has 0 N–H and O–H groups in total. The van der Waals surface area contributed by atoms with E-state index in [-0.39, 0.29) is 0 Å². The van der Waals surface area contributed by atoms with E-state index in [4.69, 9.17) is 0 Å². The van der Waals surface area contributed by atoms with Gasteiger partial charge in [-0.15, -0.1) is 0 Å². The van der Waals surface area contributed by atoms with Crippen LogP contribution in [0.25, 0.3) is 0 Å². The molecule has 2 atom stereocenters. The minimum absolute atomic E-state index is 0.347. The van der Waals surface area contributed by atoms with Gasteiger partial charge in [-0.1, -0.05) is 6.42 Å². The number of carbonyl (C=O) groups excluding carboxylic acids is 1. The second-order valence-electron chi connectivity index (χ2n) is 4.99. The first-order valence-corrected chi connectivity index (χ1v) is 7.88. The van der Waals surface area contributed by atoms with Gasteiger partial charge in [0.1, 0.15) is 0 Å². The number of hydrogen-bond acceptors (Lipinski definition) is 3. The normalized spacial score (nSPS) is 21.8. The molecule has 0 bridgehead atoms. The van der Waals surface area contributed by atoms with Crippen LogP contribution in [0.4, 0.5) is 0 Å². The molecule has 1 aliphatic heterocycles. The average Bonchev–Trinajstić information content (AvgIpc) is 2.71. The highest BCUT2D eigenvalue weighted by molar-refractivity contribution is 7.81. The van der Waals surface area contributed by atoms with E-state index in [0.717, 1.165) is 38.0 Å². The summed E-state index contributed by atoms with van der Waals surface area (Å²) in [6.45, 7) is 3.12. The van der Waals surface area contributed by atoms with Crippen LogP contribution in [0, 0.1) is 0 Å². The number of hydrogen-bond donors (Lipinski definition) is 2. The SMILES string of the molecule is CC1CCCN1C(=O)CCCCC(S)CCS. The third kappa shape index (κ3) is 5.56. The topological polar surface area (TPSA) is 20.3 Å². The highest BCUT2D eigenvalue weighted by Crippen LogP contribution is 2.19. The minimum Gasteiger partial charge on any atom is -0.340 e. The number of carbonyl (C=O) groups is 1. The van der Waals surface area contributed by atoms with Crippen LogP contribution < -0.4 is 0 Å². The first-order valence-electron chi connectivity index (χ1n) is 6.73. The summed E-state index contributed by atoms with van der Waals surface area (Å²) < 4.78 is 0. The Morgan fingerprint density at radius 2 is 2.18 bits per heavy atom. The van der Waals surface area contributed by atoms with Gasteiger partial charge in [0, 0.05) is 24.3 Å². The van der Waals surface area contributed by atoms with Crippen molar-refractivity contribution in [2.75, 3.05) is 12.3 Å². The fourth-order valence-corrected chi connectivity index (χ4v) is 3.22. The molecule has 0 radical (unpaired) electrons. The van der Waals surface area contributed by atoms with Crippen LogP contribution in [-0.2, 0) is 4.79 Å². The summed E-state index contributed by atoms with van der Waals surface area (Å²) in [6, 6.07) is 0.462. The molecule has 17 heavy (non-hydrogen) atoms. The molecule has 1 fully saturated rings.